The zero-order valence-electron chi connectivity index (χ0n) is 8.32. The van der Waals surface area contributed by atoms with E-state index >= 15 is 0 Å². The smallest absolute Gasteiger partial charge is 0.0600 e. The molecule has 3 aliphatic rings. The molecular formula is C12H16N2. The van der Waals surface area contributed by atoms with Crippen LogP contribution in [-0.4, -0.2) is 24.8 Å². The van der Waals surface area contributed by atoms with Gasteiger partial charge in [-0.2, -0.15) is 0 Å². The highest BCUT2D eigenvalue weighted by molar-refractivity contribution is 5.72. The highest BCUT2D eigenvalue weighted by atomic mass is 14.9. The summed E-state index contributed by atoms with van der Waals surface area (Å²) in [5.41, 5.74) is 1.60. The minimum Gasteiger partial charge on any atom is -0.310 e. The number of nitrogens with one attached hydrogen (secondary N) is 1. The number of nitrogens with zero attached hydrogens (tertiary/aromatic N) is 1. The monoisotopic (exact) mass is 188 g/mol. The van der Waals surface area contributed by atoms with Gasteiger partial charge in [-0.25, -0.2) is 0 Å². The Bertz CT molecular complexity index is 314. The van der Waals surface area contributed by atoms with Gasteiger partial charge in [0.25, 0.3) is 0 Å². The predicted molar refractivity (Wildman–Crippen MR) is 58.6 cm³/mol. The number of rotatable bonds is 0. The van der Waals surface area contributed by atoms with E-state index in [1.807, 2.05) is 6.21 Å². The van der Waals surface area contributed by atoms with Crippen molar-refractivity contribution in [3.63, 3.8) is 0 Å². The van der Waals surface area contributed by atoms with Gasteiger partial charge < -0.3 is 5.32 Å². The largest absolute Gasteiger partial charge is 0.310 e. The third-order valence-electron chi connectivity index (χ3n) is 3.55. The Morgan fingerprint density at radius 3 is 3.36 bits per heavy atom. The molecule has 1 aliphatic carbocycles. The van der Waals surface area contributed by atoms with Crippen LogP contribution in [0.25, 0.3) is 0 Å². The van der Waals surface area contributed by atoms with E-state index in [0.717, 1.165) is 6.54 Å². The summed E-state index contributed by atoms with van der Waals surface area (Å²) in [5.74, 6) is 0.589. The number of allylic oxidation sites excluding steroid dienone is 1. The third-order valence-corrected chi connectivity index (χ3v) is 3.55. The molecule has 0 aromatic carbocycles. The molecule has 0 radical (unpaired) electrons. The summed E-state index contributed by atoms with van der Waals surface area (Å²) in [7, 11) is 0. The van der Waals surface area contributed by atoms with Gasteiger partial charge in [-0.3, -0.25) is 4.99 Å². The SMILES string of the molecule is C1=CC2C3=CCCNC3CCC2N=C1. The van der Waals surface area contributed by atoms with Gasteiger partial charge in [-0.15, -0.1) is 0 Å². The molecule has 1 N–H and O–H groups in total. The van der Waals surface area contributed by atoms with Crippen LogP contribution >= 0.6 is 0 Å². The van der Waals surface area contributed by atoms with Crippen molar-refractivity contribution < 1.29 is 0 Å². The van der Waals surface area contributed by atoms with Crippen LogP contribution in [0, 0.1) is 5.92 Å². The summed E-state index contributed by atoms with van der Waals surface area (Å²) in [4.78, 5) is 4.56. The first-order chi connectivity index (χ1) is 6.95. The fourth-order valence-electron chi connectivity index (χ4n) is 2.87. The van der Waals surface area contributed by atoms with Gasteiger partial charge in [0, 0.05) is 18.2 Å². The van der Waals surface area contributed by atoms with Gasteiger partial charge in [0.2, 0.25) is 0 Å². The lowest BCUT2D eigenvalue weighted by molar-refractivity contribution is 0.360. The Kier molecular flexibility index (Phi) is 2.02. The predicted octanol–water partition coefficient (Wildman–Crippen LogP) is 1.69. The van der Waals surface area contributed by atoms with E-state index in [1.165, 1.54) is 19.3 Å². The Morgan fingerprint density at radius 2 is 2.36 bits per heavy atom. The van der Waals surface area contributed by atoms with Crippen LogP contribution in [0.1, 0.15) is 19.3 Å². The fraction of sp³-hybridized carbons (Fsp3) is 0.583. The lowest BCUT2D eigenvalue weighted by Crippen LogP contribution is -2.44. The molecule has 2 nitrogen and oxygen atoms in total. The fourth-order valence-corrected chi connectivity index (χ4v) is 2.87. The van der Waals surface area contributed by atoms with Crippen LogP contribution in [-0.2, 0) is 0 Å². The highest BCUT2D eigenvalue weighted by Gasteiger charge is 2.34. The van der Waals surface area contributed by atoms with Crippen molar-refractivity contribution in [3.05, 3.63) is 23.8 Å². The van der Waals surface area contributed by atoms with Crippen LogP contribution in [0.4, 0.5) is 0 Å². The van der Waals surface area contributed by atoms with Gasteiger partial charge in [-0.1, -0.05) is 12.2 Å². The molecule has 0 saturated heterocycles. The maximum Gasteiger partial charge on any atom is 0.0600 e. The van der Waals surface area contributed by atoms with Crippen LogP contribution in [0.3, 0.4) is 0 Å². The Hall–Kier alpha value is -0.890. The molecule has 0 aromatic rings. The lowest BCUT2D eigenvalue weighted by atomic mass is 9.75. The molecule has 2 heteroatoms. The number of dihydropyridines is 1. The lowest BCUT2D eigenvalue weighted by Gasteiger charge is -2.39. The molecule has 0 spiro atoms. The van der Waals surface area contributed by atoms with E-state index in [0.29, 0.717) is 18.0 Å². The summed E-state index contributed by atoms with van der Waals surface area (Å²) in [6, 6.07) is 1.17. The Morgan fingerprint density at radius 1 is 1.36 bits per heavy atom. The van der Waals surface area contributed by atoms with Crippen molar-refractivity contribution >= 4 is 6.21 Å². The Labute approximate surface area is 84.8 Å². The van der Waals surface area contributed by atoms with E-state index in [2.05, 4.69) is 28.5 Å². The van der Waals surface area contributed by atoms with Gasteiger partial charge in [0.05, 0.1) is 6.04 Å². The van der Waals surface area contributed by atoms with Gasteiger partial charge in [0.15, 0.2) is 0 Å². The molecular weight excluding hydrogens is 172 g/mol. The summed E-state index contributed by atoms with van der Waals surface area (Å²) >= 11 is 0. The van der Waals surface area contributed by atoms with Gasteiger partial charge in [-0.05, 0) is 37.5 Å². The standard InChI is InChI=1S/C12H16N2/c1-3-9-10-4-2-8-14-12(10)6-5-11(9)13-7-1/h1,3-4,7,9,11-12,14H,2,5-6,8H2. The topological polar surface area (TPSA) is 24.4 Å². The van der Waals surface area contributed by atoms with Crippen molar-refractivity contribution in [1.82, 2.24) is 5.32 Å². The van der Waals surface area contributed by atoms with Crippen LogP contribution in [0.5, 0.6) is 0 Å². The summed E-state index contributed by atoms with van der Waals surface area (Å²) < 4.78 is 0. The van der Waals surface area contributed by atoms with Crippen LogP contribution in [0.2, 0.25) is 0 Å². The summed E-state index contributed by atoms with van der Waals surface area (Å²) in [5, 5.41) is 3.60. The minimum atomic E-state index is 0.530. The Balaban J connectivity index is 1.92. The third kappa shape index (κ3) is 1.25. The van der Waals surface area contributed by atoms with Crippen molar-refractivity contribution in [2.24, 2.45) is 10.9 Å². The molecule has 0 bridgehead atoms. The second-order valence-corrected chi connectivity index (χ2v) is 4.35. The van der Waals surface area contributed by atoms with Gasteiger partial charge >= 0.3 is 0 Å². The van der Waals surface area contributed by atoms with E-state index in [9.17, 15) is 0 Å². The van der Waals surface area contributed by atoms with Gasteiger partial charge in [0.1, 0.15) is 0 Å². The number of aliphatic imine (C=N–C) groups is 1. The number of fused-ring (bicyclic) bond motifs is 3. The van der Waals surface area contributed by atoms with E-state index in [4.69, 9.17) is 0 Å². The van der Waals surface area contributed by atoms with E-state index < -0.39 is 0 Å². The second-order valence-electron chi connectivity index (χ2n) is 4.35. The molecule has 1 fully saturated rings. The normalized spacial score (nSPS) is 40.0. The minimum absolute atomic E-state index is 0.530. The summed E-state index contributed by atoms with van der Waals surface area (Å²) in [6.07, 6.45) is 12.5. The molecule has 14 heavy (non-hydrogen) atoms. The molecule has 1 saturated carbocycles. The molecule has 0 aromatic heterocycles. The average Bonchev–Trinajstić information content (AvgIpc) is 2.29. The second kappa shape index (κ2) is 3.35. The molecule has 74 valence electrons. The first-order valence-electron chi connectivity index (χ1n) is 5.58. The first kappa shape index (κ1) is 8.42. The van der Waals surface area contributed by atoms with Crippen molar-refractivity contribution in [1.29, 1.82) is 0 Å². The van der Waals surface area contributed by atoms with E-state index in [1.54, 1.807) is 5.57 Å². The van der Waals surface area contributed by atoms with Crippen molar-refractivity contribution in [2.75, 3.05) is 6.54 Å². The molecule has 3 rings (SSSR count). The zero-order chi connectivity index (χ0) is 9.38. The maximum atomic E-state index is 4.56. The molecule has 3 atom stereocenters. The quantitative estimate of drug-likeness (QED) is 0.575. The highest BCUT2D eigenvalue weighted by Crippen LogP contribution is 2.35. The first-order valence-corrected chi connectivity index (χ1v) is 5.58. The molecule has 3 unspecified atom stereocenters. The van der Waals surface area contributed by atoms with Crippen molar-refractivity contribution in [2.45, 2.75) is 31.3 Å². The number of hydrogen-bond acceptors (Lipinski definition) is 2. The summed E-state index contributed by atoms with van der Waals surface area (Å²) in [6.45, 7) is 1.15. The van der Waals surface area contributed by atoms with Crippen LogP contribution in [0.15, 0.2) is 28.8 Å². The number of hydrogen-bond donors (Lipinski definition) is 1. The zero-order valence-corrected chi connectivity index (χ0v) is 8.32. The molecule has 2 heterocycles. The average molecular weight is 188 g/mol. The van der Waals surface area contributed by atoms with Crippen molar-refractivity contribution in [3.8, 4) is 0 Å². The molecule has 2 aliphatic heterocycles. The van der Waals surface area contributed by atoms with E-state index in [-0.39, 0.29) is 0 Å². The maximum absolute atomic E-state index is 4.56. The van der Waals surface area contributed by atoms with Crippen LogP contribution < -0.4 is 5.32 Å². The molecule has 0 amide bonds.